The number of nitrogens with two attached hydrogens (primary N) is 1. The molecule has 0 amide bonds. The Kier molecular flexibility index (Phi) is 2.28. The van der Waals surface area contributed by atoms with Crippen molar-refractivity contribution < 1.29 is 5.11 Å². The summed E-state index contributed by atoms with van der Waals surface area (Å²) in [5.74, 6) is 0. The van der Waals surface area contributed by atoms with Crippen molar-refractivity contribution >= 4 is 0 Å². The van der Waals surface area contributed by atoms with E-state index >= 15 is 0 Å². The maximum absolute atomic E-state index is 8.68. The molecule has 3 N–H and O–H groups in total. The average molecular weight is 182 g/mol. The summed E-state index contributed by atoms with van der Waals surface area (Å²) in [6, 6.07) is 0.755. The van der Waals surface area contributed by atoms with E-state index in [1.807, 2.05) is 10.9 Å². The molecular formula is C8H14N4O. The van der Waals surface area contributed by atoms with Crippen molar-refractivity contribution in [2.45, 2.75) is 31.3 Å². The molecule has 0 unspecified atom stereocenters. The Labute approximate surface area is 76.5 Å². The molecule has 0 spiro atoms. The monoisotopic (exact) mass is 182 g/mol. The first-order chi connectivity index (χ1) is 6.29. The Morgan fingerprint density at radius 3 is 3.00 bits per heavy atom. The van der Waals surface area contributed by atoms with E-state index in [0.717, 1.165) is 18.5 Å². The molecule has 0 bridgehead atoms. The van der Waals surface area contributed by atoms with Crippen LogP contribution in [0.3, 0.4) is 0 Å². The van der Waals surface area contributed by atoms with E-state index < -0.39 is 0 Å². The summed E-state index contributed by atoms with van der Waals surface area (Å²) < 4.78 is 1.86. The minimum atomic E-state index is 0.128. The maximum atomic E-state index is 8.68. The van der Waals surface area contributed by atoms with Crippen LogP contribution in [0.4, 0.5) is 0 Å². The molecule has 72 valence electrons. The van der Waals surface area contributed by atoms with Crippen molar-refractivity contribution in [3.63, 3.8) is 0 Å². The number of aromatic nitrogens is 3. The second-order valence-electron chi connectivity index (χ2n) is 3.55. The summed E-state index contributed by atoms with van der Waals surface area (Å²) in [5, 5.41) is 16.6. The number of nitrogens with zero attached hydrogens (tertiary/aromatic N) is 3. The van der Waals surface area contributed by atoms with Crippen LogP contribution in [0.2, 0.25) is 0 Å². The van der Waals surface area contributed by atoms with Gasteiger partial charge in [0.25, 0.3) is 0 Å². The molecule has 1 fully saturated rings. The first-order valence-electron chi connectivity index (χ1n) is 4.56. The smallest absolute Gasteiger partial charge is 0.0850 e. The van der Waals surface area contributed by atoms with Gasteiger partial charge in [-0.05, 0) is 12.8 Å². The normalized spacial score (nSPS) is 27.2. The standard InChI is InChI=1S/C8H14N4O/c9-6-3-8(4-6)12-5-7(1-2-13)10-11-12/h5-6,8,13H,1-4,9H2. The molecule has 1 aromatic rings. The Morgan fingerprint density at radius 1 is 1.62 bits per heavy atom. The van der Waals surface area contributed by atoms with E-state index in [1.165, 1.54) is 0 Å². The molecule has 13 heavy (non-hydrogen) atoms. The fraction of sp³-hybridized carbons (Fsp3) is 0.750. The quantitative estimate of drug-likeness (QED) is 0.659. The van der Waals surface area contributed by atoms with Crippen molar-refractivity contribution in [3.05, 3.63) is 11.9 Å². The Morgan fingerprint density at radius 2 is 2.38 bits per heavy atom. The fourth-order valence-corrected chi connectivity index (χ4v) is 1.57. The van der Waals surface area contributed by atoms with Gasteiger partial charge in [0, 0.05) is 25.3 Å². The number of rotatable bonds is 3. The van der Waals surface area contributed by atoms with Gasteiger partial charge in [-0.25, -0.2) is 4.68 Å². The number of aliphatic hydroxyl groups excluding tert-OH is 1. The highest BCUT2D eigenvalue weighted by Crippen LogP contribution is 2.29. The van der Waals surface area contributed by atoms with Crippen LogP contribution < -0.4 is 5.73 Å². The van der Waals surface area contributed by atoms with Gasteiger partial charge in [0.15, 0.2) is 0 Å². The second-order valence-corrected chi connectivity index (χ2v) is 3.55. The molecule has 0 saturated heterocycles. The van der Waals surface area contributed by atoms with Gasteiger partial charge in [-0.15, -0.1) is 5.10 Å². The molecule has 0 radical (unpaired) electrons. The van der Waals surface area contributed by atoms with Gasteiger partial charge in [-0.2, -0.15) is 0 Å². The van der Waals surface area contributed by atoms with Crippen LogP contribution in [0.1, 0.15) is 24.6 Å². The van der Waals surface area contributed by atoms with Gasteiger partial charge in [0.1, 0.15) is 0 Å². The van der Waals surface area contributed by atoms with Gasteiger partial charge >= 0.3 is 0 Å². The molecule has 5 heteroatoms. The molecule has 0 aromatic carbocycles. The molecule has 1 aromatic heterocycles. The number of hydrogen-bond acceptors (Lipinski definition) is 4. The topological polar surface area (TPSA) is 77.0 Å². The van der Waals surface area contributed by atoms with E-state index in [0.29, 0.717) is 18.5 Å². The van der Waals surface area contributed by atoms with Crippen LogP contribution in [-0.4, -0.2) is 32.7 Å². The lowest BCUT2D eigenvalue weighted by Gasteiger charge is -2.31. The third-order valence-electron chi connectivity index (χ3n) is 2.45. The van der Waals surface area contributed by atoms with E-state index in [2.05, 4.69) is 10.3 Å². The van der Waals surface area contributed by atoms with Crippen LogP contribution in [0.25, 0.3) is 0 Å². The molecule has 1 aliphatic carbocycles. The molecule has 2 rings (SSSR count). The van der Waals surface area contributed by atoms with Gasteiger partial charge in [0.2, 0.25) is 0 Å². The first kappa shape index (κ1) is 8.65. The highest BCUT2D eigenvalue weighted by atomic mass is 16.3. The molecule has 1 aliphatic rings. The fourth-order valence-electron chi connectivity index (χ4n) is 1.57. The number of aliphatic hydroxyl groups is 1. The summed E-state index contributed by atoms with van der Waals surface area (Å²) in [7, 11) is 0. The van der Waals surface area contributed by atoms with Crippen molar-refractivity contribution in [3.8, 4) is 0 Å². The van der Waals surface area contributed by atoms with Crippen molar-refractivity contribution in [1.29, 1.82) is 0 Å². The molecule has 0 aliphatic heterocycles. The predicted octanol–water partition coefficient (Wildman–Crippen LogP) is -0.525. The Bertz CT molecular complexity index is 279. The number of hydrogen-bond donors (Lipinski definition) is 2. The maximum Gasteiger partial charge on any atom is 0.0850 e. The zero-order chi connectivity index (χ0) is 9.26. The summed E-state index contributed by atoms with van der Waals surface area (Å²) in [6.45, 7) is 0.128. The largest absolute Gasteiger partial charge is 0.396 e. The Balaban J connectivity index is 1.97. The third-order valence-corrected chi connectivity index (χ3v) is 2.45. The van der Waals surface area contributed by atoms with Crippen molar-refractivity contribution in [1.82, 2.24) is 15.0 Å². The van der Waals surface area contributed by atoms with Crippen LogP contribution in [0.5, 0.6) is 0 Å². The lowest BCUT2D eigenvalue weighted by Crippen LogP contribution is -2.37. The molecule has 5 nitrogen and oxygen atoms in total. The second kappa shape index (κ2) is 3.43. The first-order valence-corrected chi connectivity index (χ1v) is 4.56. The summed E-state index contributed by atoms with van der Waals surface area (Å²) in [5.41, 5.74) is 6.52. The highest BCUT2D eigenvalue weighted by Gasteiger charge is 2.28. The van der Waals surface area contributed by atoms with Crippen molar-refractivity contribution in [2.24, 2.45) is 5.73 Å². The summed E-state index contributed by atoms with van der Waals surface area (Å²) >= 11 is 0. The molecule has 1 saturated carbocycles. The van der Waals surface area contributed by atoms with E-state index in [-0.39, 0.29) is 6.61 Å². The zero-order valence-electron chi connectivity index (χ0n) is 7.43. The van der Waals surface area contributed by atoms with E-state index in [9.17, 15) is 0 Å². The van der Waals surface area contributed by atoms with Gasteiger partial charge in [0.05, 0.1) is 11.7 Å². The van der Waals surface area contributed by atoms with Crippen LogP contribution in [-0.2, 0) is 6.42 Å². The summed E-state index contributed by atoms with van der Waals surface area (Å²) in [4.78, 5) is 0. The van der Waals surface area contributed by atoms with Gasteiger partial charge in [-0.3, -0.25) is 0 Å². The molecule has 0 atom stereocenters. The molecule has 1 heterocycles. The lowest BCUT2D eigenvalue weighted by atomic mass is 9.88. The minimum Gasteiger partial charge on any atom is -0.396 e. The SMILES string of the molecule is NC1CC(n2cc(CCO)nn2)C1. The van der Waals surface area contributed by atoms with E-state index in [1.54, 1.807) is 0 Å². The lowest BCUT2D eigenvalue weighted by molar-refractivity contribution is 0.243. The predicted molar refractivity (Wildman–Crippen MR) is 47.1 cm³/mol. The van der Waals surface area contributed by atoms with Crippen molar-refractivity contribution in [2.75, 3.05) is 6.61 Å². The average Bonchev–Trinajstić information content (AvgIpc) is 2.48. The third kappa shape index (κ3) is 1.71. The van der Waals surface area contributed by atoms with E-state index in [4.69, 9.17) is 10.8 Å². The highest BCUT2D eigenvalue weighted by molar-refractivity contribution is 4.96. The van der Waals surface area contributed by atoms with Crippen LogP contribution in [0.15, 0.2) is 6.20 Å². The molecular weight excluding hydrogens is 168 g/mol. The van der Waals surface area contributed by atoms with Gasteiger partial charge in [-0.1, -0.05) is 5.21 Å². The van der Waals surface area contributed by atoms with Crippen LogP contribution >= 0.6 is 0 Å². The van der Waals surface area contributed by atoms with Gasteiger partial charge < -0.3 is 10.8 Å². The minimum absolute atomic E-state index is 0.128. The summed E-state index contributed by atoms with van der Waals surface area (Å²) in [6.07, 6.45) is 4.45. The zero-order valence-corrected chi connectivity index (χ0v) is 7.43. The van der Waals surface area contributed by atoms with Crippen LogP contribution in [0, 0.1) is 0 Å². The Hall–Kier alpha value is -0.940.